The second kappa shape index (κ2) is 11.8. The van der Waals surface area contributed by atoms with Gasteiger partial charge in [-0.3, -0.25) is 9.79 Å². The van der Waals surface area contributed by atoms with E-state index in [0.717, 1.165) is 49.4 Å². The van der Waals surface area contributed by atoms with E-state index in [0.29, 0.717) is 0 Å². The molecule has 136 valence electrons. The number of nitrogens with one attached hydrogen (secondary N) is 2. The van der Waals surface area contributed by atoms with Crippen molar-refractivity contribution in [2.45, 2.75) is 44.4 Å². The van der Waals surface area contributed by atoms with Crippen molar-refractivity contribution < 1.29 is 0 Å². The zero-order valence-electron chi connectivity index (χ0n) is 14.6. The molecule has 0 amide bonds. The molecule has 1 unspecified atom stereocenters. The average molecular weight is 464 g/mol. The molecule has 1 aliphatic heterocycles. The van der Waals surface area contributed by atoms with Crippen LogP contribution in [0.15, 0.2) is 28.0 Å². The van der Waals surface area contributed by atoms with Gasteiger partial charge in [0, 0.05) is 43.7 Å². The van der Waals surface area contributed by atoms with Gasteiger partial charge in [0.05, 0.1) is 0 Å². The number of aryl methyl sites for hydroxylation is 1. The Morgan fingerprint density at radius 1 is 1.38 bits per heavy atom. The number of pyridine rings is 1. The van der Waals surface area contributed by atoms with Gasteiger partial charge in [-0.05, 0) is 44.4 Å². The van der Waals surface area contributed by atoms with Crippen LogP contribution in [0.5, 0.6) is 0 Å². The second-order valence-corrected chi connectivity index (χ2v) is 7.29. The van der Waals surface area contributed by atoms with E-state index in [9.17, 15) is 4.79 Å². The Morgan fingerprint density at radius 2 is 2.21 bits per heavy atom. The molecule has 0 spiro atoms. The molecule has 1 fully saturated rings. The number of rotatable bonds is 7. The summed E-state index contributed by atoms with van der Waals surface area (Å²) in [7, 11) is 1.81. The van der Waals surface area contributed by atoms with Crippen molar-refractivity contribution in [3.8, 4) is 0 Å². The summed E-state index contributed by atoms with van der Waals surface area (Å²) < 4.78 is 1.84. The topological polar surface area (TPSA) is 58.4 Å². The summed E-state index contributed by atoms with van der Waals surface area (Å²) in [4.78, 5) is 16.0. The molecule has 1 atom stereocenters. The molecule has 0 aromatic carbocycles. The Hall–Kier alpha value is -0.700. The predicted molar refractivity (Wildman–Crippen MR) is 115 cm³/mol. The monoisotopic (exact) mass is 464 g/mol. The van der Waals surface area contributed by atoms with E-state index < -0.39 is 0 Å². The zero-order chi connectivity index (χ0) is 16.5. The third kappa shape index (κ3) is 7.04. The van der Waals surface area contributed by atoms with E-state index in [1.807, 2.05) is 42.4 Å². The molecule has 7 heteroatoms. The lowest BCUT2D eigenvalue weighted by Gasteiger charge is -2.15. The van der Waals surface area contributed by atoms with Crippen molar-refractivity contribution in [3.63, 3.8) is 0 Å². The maximum atomic E-state index is 11.8. The van der Waals surface area contributed by atoms with E-state index in [-0.39, 0.29) is 29.5 Å². The number of hydrogen-bond acceptors (Lipinski definition) is 3. The fourth-order valence-electron chi connectivity index (χ4n) is 2.75. The first-order valence-electron chi connectivity index (χ1n) is 8.43. The lowest BCUT2D eigenvalue weighted by molar-refractivity contribution is 0.574. The molecule has 1 aromatic rings. The van der Waals surface area contributed by atoms with Crippen LogP contribution in [0, 0.1) is 6.92 Å². The van der Waals surface area contributed by atoms with Crippen molar-refractivity contribution in [2.24, 2.45) is 4.99 Å². The molecule has 24 heavy (non-hydrogen) atoms. The Balaban J connectivity index is 0.00000288. The fraction of sp³-hybridized carbons (Fsp3) is 0.647. The number of guanidine groups is 1. The minimum atomic E-state index is 0. The molecule has 0 saturated carbocycles. The van der Waals surface area contributed by atoms with Crippen LogP contribution >= 0.6 is 35.7 Å². The summed E-state index contributed by atoms with van der Waals surface area (Å²) in [6, 6.07) is 5.42. The summed E-state index contributed by atoms with van der Waals surface area (Å²) in [5.74, 6) is 2.17. The number of halogens is 1. The first-order chi connectivity index (χ1) is 11.2. The Kier molecular flexibility index (Phi) is 10.5. The van der Waals surface area contributed by atoms with E-state index in [2.05, 4.69) is 15.6 Å². The number of aliphatic imine (C=N–C) groups is 1. The SMILES string of the molecule is CN=C(NCCCCn1c(C)cccc1=O)NCC1CCCS1.I. The molecule has 2 rings (SSSR count). The predicted octanol–water partition coefficient (Wildman–Crippen LogP) is 2.62. The van der Waals surface area contributed by atoms with Crippen LogP contribution in [0.1, 0.15) is 31.4 Å². The van der Waals surface area contributed by atoms with Crippen LogP contribution in [0.2, 0.25) is 0 Å². The molecule has 0 aliphatic carbocycles. The highest BCUT2D eigenvalue weighted by Gasteiger charge is 2.15. The van der Waals surface area contributed by atoms with Gasteiger partial charge in [0.25, 0.3) is 5.56 Å². The number of unbranched alkanes of at least 4 members (excludes halogenated alkanes) is 1. The van der Waals surface area contributed by atoms with Gasteiger partial charge in [-0.2, -0.15) is 11.8 Å². The second-order valence-electron chi connectivity index (χ2n) is 5.88. The van der Waals surface area contributed by atoms with Gasteiger partial charge in [0.1, 0.15) is 0 Å². The standard InChI is InChI=1S/C17H28N4OS.HI/c1-14-7-5-9-16(22)21(14)11-4-3-10-19-17(18-2)20-13-15-8-6-12-23-15;/h5,7,9,15H,3-4,6,8,10-13H2,1-2H3,(H2,18,19,20);1H. The molecule has 1 aliphatic rings. The molecular weight excluding hydrogens is 435 g/mol. The highest BCUT2D eigenvalue weighted by Crippen LogP contribution is 2.25. The minimum Gasteiger partial charge on any atom is -0.356 e. The Morgan fingerprint density at radius 3 is 2.88 bits per heavy atom. The number of nitrogens with zero attached hydrogens (tertiary/aromatic N) is 2. The van der Waals surface area contributed by atoms with Gasteiger partial charge in [-0.15, -0.1) is 24.0 Å². The van der Waals surface area contributed by atoms with Gasteiger partial charge in [0.15, 0.2) is 5.96 Å². The van der Waals surface area contributed by atoms with Gasteiger partial charge >= 0.3 is 0 Å². The lowest BCUT2D eigenvalue weighted by Crippen LogP contribution is -2.40. The highest BCUT2D eigenvalue weighted by molar-refractivity contribution is 14.0. The maximum Gasteiger partial charge on any atom is 0.250 e. The van der Waals surface area contributed by atoms with Crippen LogP contribution < -0.4 is 16.2 Å². The number of hydrogen-bond donors (Lipinski definition) is 2. The first-order valence-corrected chi connectivity index (χ1v) is 9.48. The van der Waals surface area contributed by atoms with Gasteiger partial charge in [-0.25, -0.2) is 0 Å². The molecule has 0 radical (unpaired) electrons. The molecule has 5 nitrogen and oxygen atoms in total. The minimum absolute atomic E-state index is 0. The normalized spacial score (nSPS) is 17.4. The first kappa shape index (κ1) is 21.3. The highest BCUT2D eigenvalue weighted by atomic mass is 127. The van der Waals surface area contributed by atoms with E-state index >= 15 is 0 Å². The van der Waals surface area contributed by atoms with E-state index in [1.165, 1.54) is 18.6 Å². The Bertz CT molecular complexity index is 570. The molecular formula is C17H29IN4OS. The van der Waals surface area contributed by atoms with E-state index in [1.54, 1.807) is 6.07 Å². The van der Waals surface area contributed by atoms with E-state index in [4.69, 9.17) is 0 Å². The summed E-state index contributed by atoms with van der Waals surface area (Å²) >= 11 is 2.05. The molecule has 1 saturated heterocycles. The summed E-state index contributed by atoms with van der Waals surface area (Å²) in [5.41, 5.74) is 1.11. The van der Waals surface area contributed by atoms with Crippen molar-refractivity contribution in [1.82, 2.24) is 15.2 Å². The summed E-state index contributed by atoms with van der Waals surface area (Å²) in [6.45, 7) is 4.62. The number of aromatic nitrogens is 1. The quantitative estimate of drug-likeness (QED) is 0.282. The average Bonchev–Trinajstić information content (AvgIpc) is 3.06. The van der Waals surface area contributed by atoms with Gasteiger partial charge in [-0.1, -0.05) is 6.07 Å². The largest absolute Gasteiger partial charge is 0.356 e. The van der Waals surface area contributed by atoms with Crippen LogP contribution in [0.3, 0.4) is 0 Å². The number of thioether (sulfide) groups is 1. The molecule has 1 aromatic heterocycles. The van der Waals surface area contributed by atoms with Crippen LogP contribution in [-0.4, -0.2) is 41.7 Å². The van der Waals surface area contributed by atoms with Gasteiger partial charge < -0.3 is 15.2 Å². The zero-order valence-corrected chi connectivity index (χ0v) is 17.7. The lowest BCUT2D eigenvalue weighted by atomic mass is 10.2. The summed E-state index contributed by atoms with van der Waals surface area (Å²) in [5, 5.41) is 7.48. The molecule has 0 bridgehead atoms. The molecule has 2 heterocycles. The van der Waals surface area contributed by atoms with Crippen LogP contribution in [0.25, 0.3) is 0 Å². The van der Waals surface area contributed by atoms with Gasteiger partial charge in [0.2, 0.25) is 0 Å². The smallest absolute Gasteiger partial charge is 0.250 e. The van der Waals surface area contributed by atoms with Crippen molar-refractivity contribution in [2.75, 3.05) is 25.9 Å². The summed E-state index contributed by atoms with van der Waals surface area (Å²) in [6.07, 6.45) is 4.63. The fourth-order valence-corrected chi connectivity index (χ4v) is 3.95. The van der Waals surface area contributed by atoms with Crippen LogP contribution in [-0.2, 0) is 6.54 Å². The maximum absolute atomic E-state index is 11.8. The Labute approximate surface area is 166 Å². The third-order valence-corrected chi connectivity index (χ3v) is 5.51. The molecule has 2 N–H and O–H groups in total. The van der Waals surface area contributed by atoms with Crippen LogP contribution in [0.4, 0.5) is 0 Å². The van der Waals surface area contributed by atoms with Crippen molar-refractivity contribution in [3.05, 3.63) is 34.2 Å². The van der Waals surface area contributed by atoms with Crippen molar-refractivity contribution >= 4 is 41.7 Å². The van der Waals surface area contributed by atoms with Crippen molar-refractivity contribution in [1.29, 1.82) is 0 Å². The third-order valence-electron chi connectivity index (χ3n) is 4.11.